The number of ether oxygens (including phenoxy) is 3. The molecule has 0 aromatic rings. The van der Waals surface area contributed by atoms with Gasteiger partial charge in [0.25, 0.3) is 0 Å². The van der Waals surface area contributed by atoms with Gasteiger partial charge < -0.3 is 14.2 Å². The highest BCUT2D eigenvalue weighted by molar-refractivity contribution is 6.01. The second-order valence-corrected chi connectivity index (χ2v) is 7.01. The molecule has 1 aliphatic heterocycles. The molecule has 128 valence electrons. The van der Waals surface area contributed by atoms with Crippen LogP contribution < -0.4 is 0 Å². The maximum absolute atomic E-state index is 12.2. The summed E-state index contributed by atoms with van der Waals surface area (Å²) in [4.78, 5) is 24.3. The molecular weight excluding hydrogens is 296 g/mol. The summed E-state index contributed by atoms with van der Waals surface area (Å²) in [6.45, 7) is 0. The smallest absolute Gasteiger partial charge is 0.334 e. The summed E-state index contributed by atoms with van der Waals surface area (Å²) in [5.74, 6) is -0.859. The van der Waals surface area contributed by atoms with E-state index in [2.05, 4.69) is 0 Å². The van der Waals surface area contributed by atoms with E-state index in [0.717, 1.165) is 25.7 Å². The lowest BCUT2D eigenvalue weighted by molar-refractivity contribution is -0.140. The van der Waals surface area contributed by atoms with Crippen LogP contribution in [0.2, 0.25) is 0 Å². The van der Waals surface area contributed by atoms with Gasteiger partial charge in [-0.3, -0.25) is 0 Å². The van der Waals surface area contributed by atoms with E-state index in [1.807, 2.05) is 0 Å². The van der Waals surface area contributed by atoms with Crippen LogP contribution in [0.3, 0.4) is 0 Å². The van der Waals surface area contributed by atoms with Gasteiger partial charge >= 0.3 is 11.9 Å². The molecule has 2 fully saturated rings. The summed E-state index contributed by atoms with van der Waals surface area (Å²) in [6.07, 6.45) is 10.1. The van der Waals surface area contributed by atoms with Crippen LogP contribution in [0.4, 0.5) is 0 Å². The first-order chi connectivity index (χ1) is 11.1. The molecule has 3 aliphatic rings. The number of esters is 2. The van der Waals surface area contributed by atoms with E-state index in [4.69, 9.17) is 14.2 Å². The number of epoxide rings is 1. The molecule has 0 amide bonds. The first kappa shape index (κ1) is 16.5. The Kier molecular flexibility index (Phi) is 4.50. The lowest BCUT2D eigenvalue weighted by Gasteiger charge is -2.28. The van der Waals surface area contributed by atoms with Gasteiger partial charge in [0.1, 0.15) is 11.2 Å². The minimum Gasteiger partial charge on any atom is -0.466 e. The molecule has 0 radical (unpaired) electrons. The van der Waals surface area contributed by atoms with Gasteiger partial charge in [-0.15, -0.1) is 0 Å². The predicted molar refractivity (Wildman–Crippen MR) is 83.8 cm³/mol. The van der Waals surface area contributed by atoms with E-state index in [9.17, 15) is 9.59 Å². The molecule has 0 spiro atoms. The second-order valence-electron chi connectivity index (χ2n) is 7.01. The lowest BCUT2D eigenvalue weighted by atomic mass is 9.71. The van der Waals surface area contributed by atoms with Crippen molar-refractivity contribution in [3.05, 3.63) is 11.1 Å². The van der Waals surface area contributed by atoms with Crippen LogP contribution in [0.25, 0.3) is 0 Å². The number of carbonyl (C=O) groups excluding carboxylic acids is 2. The third-order valence-electron chi connectivity index (χ3n) is 5.74. The van der Waals surface area contributed by atoms with Gasteiger partial charge in [0.15, 0.2) is 0 Å². The fourth-order valence-electron chi connectivity index (χ4n) is 4.43. The molecule has 0 bridgehead atoms. The third kappa shape index (κ3) is 2.80. The Hall–Kier alpha value is -1.36. The van der Waals surface area contributed by atoms with Gasteiger partial charge in [0.05, 0.1) is 25.4 Å². The average Bonchev–Trinajstić information content (AvgIpc) is 3.23. The third-order valence-corrected chi connectivity index (χ3v) is 5.74. The maximum atomic E-state index is 12.2. The molecule has 5 heteroatoms. The minimum absolute atomic E-state index is 0.272. The van der Waals surface area contributed by atoms with E-state index >= 15 is 0 Å². The molecule has 0 N–H and O–H groups in total. The Bertz CT molecular complexity index is 492. The van der Waals surface area contributed by atoms with Gasteiger partial charge in [-0.05, 0) is 12.8 Å². The van der Waals surface area contributed by atoms with Gasteiger partial charge in [0, 0.05) is 12.8 Å². The van der Waals surface area contributed by atoms with Crippen molar-refractivity contribution in [2.45, 2.75) is 75.4 Å². The quantitative estimate of drug-likeness (QED) is 0.577. The lowest BCUT2D eigenvalue weighted by Crippen LogP contribution is -2.36. The number of hydrogen-bond donors (Lipinski definition) is 0. The van der Waals surface area contributed by atoms with Crippen LogP contribution in [0.1, 0.15) is 64.2 Å². The van der Waals surface area contributed by atoms with Gasteiger partial charge in [-0.1, -0.05) is 38.5 Å². The SMILES string of the molecule is COC(=O)C1=C(C(=O)OC)CC23CCCCCCCCC2(C1)O3. The van der Waals surface area contributed by atoms with Gasteiger partial charge in [-0.2, -0.15) is 0 Å². The van der Waals surface area contributed by atoms with Crippen molar-refractivity contribution in [2.24, 2.45) is 0 Å². The standard InChI is InChI=1S/C18H26O5/c1-21-15(19)13-11-17-9-7-5-3-4-6-8-10-18(17,23-17)12-14(13)16(20)22-2/h3-12H2,1-2H3. The first-order valence-corrected chi connectivity index (χ1v) is 8.66. The van der Waals surface area contributed by atoms with Crippen molar-refractivity contribution in [1.29, 1.82) is 0 Å². The Morgan fingerprint density at radius 1 is 0.783 bits per heavy atom. The fourth-order valence-corrected chi connectivity index (χ4v) is 4.43. The highest BCUT2D eigenvalue weighted by Crippen LogP contribution is 2.63. The zero-order valence-corrected chi connectivity index (χ0v) is 14.1. The molecule has 2 unspecified atom stereocenters. The zero-order valence-electron chi connectivity index (χ0n) is 14.1. The van der Waals surface area contributed by atoms with E-state index < -0.39 is 11.9 Å². The summed E-state index contributed by atoms with van der Waals surface area (Å²) >= 11 is 0. The molecule has 2 aliphatic carbocycles. The zero-order chi connectivity index (χ0) is 16.5. The first-order valence-electron chi connectivity index (χ1n) is 8.66. The Morgan fingerprint density at radius 3 is 1.57 bits per heavy atom. The molecule has 3 rings (SSSR count). The molecule has 2 atom stereocenters. The number of carbonyl (C=O) groups is 2. The molecule has 0 aromatic heterocycles. The maximum Gasteiger partial charge on any atom is 0.334 e. The summed E-state index contributed by atoms with van der Waals surface area (Å²) in [5, 5.41) is 0. The second kappa shape index (κ2) is 6.27. The predicted octanol–water partition coefficient (Wildman–Crippen LogP) is 3.07. The van der Waals surface area contributed by atoms with Crippen molar-refractivity contribution >= 4 is 11.9 Å². The monoisotopic (exact) mass is 322 g/mol. The summed E-state index contributed by atoms with van der Waals surface area (Å²) in [6, 6.07) is 0. The fraction of sp³-hybridized carbons (Fsp3) is 0.778. The van der Waals surface area contributed by atoms with Crippen molar-refractivity contribution < 1.29 is 23.8 Å². The number of methoxy groups -OCH3 is 2. The van der Waals surface area contributed by atoms with Crippen LogP contribution in [-0.4, -0.2) is 37.4 Å². The number of rotatable bonds is 2. The molecule has 1 saturated carbocycles. The highest BCUT2D eigenvalue weighted by Gasteiger charge is 2.71. The van der Waals surface area contributed by atoms with E-state index in [1.54, 1.807) is 0 Å². The van der Waals surface area contributed by atoms with Gasteiger partial charge in [0.2, 0.25) is 0 Å². The highest BCUT2D eigenvalue weighted by atomic mass is 16.6. The molecule has 23 heavy (non-hydrogen) atoms. The molecule has 1 heterocycles. The van der Waals surface area contributed by atoms with Crippen molar-refractivity contribution in [1.82, 2.24) is 0 Å². The van der Waals surface area contributed by atoms with Crippen molar-refractivity contribution in [2.75, 3.05) is 14.2 Å². The Labute approximate surface area is 137 Å². The molecule has 1 saturated heterocycles. The van der Waals surface area contributed by atoms with Crippen LogP contribution in [0, 0.1) is 0 Å². The van der Waals surface area contributed by atoms with Crippen molar-refractivity contribution in [3.63, 3.8) is 0 Å². The topological polar surface area (TPSA) is 65.1 Å². The molecule has 0 aromatic carbocycles. The van der Waals surface area contributed by atoms with Crippen LogP contribution in [0.15, 0.2) is 11.1 Å². The summed E-state index contributed by atoms with van der Waals surface area (Å²) < 4.78 is 16.1. The molecular formula is C18H26O5. The van der Waals surface area contributed by atoms with E-state index in [0.29, 0.717) is 24.0 Å². The Morgan fingerprint density at radius 2 is 1.17 bits per heavy atom. The number of hydrogen-bond acceptors (Lipinski definition) is 5. The summed E-state index contributed by atoms with van der Waals surface area (Å²) in [5.41, 5.74) is 0.352. The van der Waals surface area contributed by atoms with Crippen molar-refractivity contribution in [3.8, 4) is 0 Å². The largest absolute Gasteiger partial charge is 0.466 e. The Balaban J connectivity index is 1.92. The molecule has 5 nitrogen and oxygen atoms in total. The minimum atomic E-state index is -0.430. The average molecular weight is 322 g/mol. The van der Waals surface area contributed by atoms with Gasteiger partial charge in [-0.25, -0.2) is 9.59 Å². The van der Waals surface area contributed by atoms with Crippen LogP contribution >= 0.6 is 0 Å². The van der Waals surface area contributed by atoms with Crippen LogP contribution in [-0.2, 0) is 23.8 Å². The van der Waals surface area contributed by atoms with E-state index in [-0.39, 0.29) is 11.2 Å². The van der Waals surface area contributed by atoms with E-state index in [1.165, 1.54) is 39.9 Å². The van der Waals surface area contributed by atoms with Crippen LogP contribution in [0.5, 0.6) is 0 Å². The normalized spacial score (nSPS) is 34.0. The summed E-state index contributed by atoms with van der Waals surface area (Å²) in [7, 11) is 2.70.